The second kappa shape index (κ2) is 14.4. The standard InChI is InChI=1S/C27H35N3O4.C2HF3O2/c28-26(33)21-9-4-8-20(14-21)22-15-23-10-11-24(16-22)30(23)13-5-12-29(27(34)25(32)18-31)17-19-6-2-1-3-7-19;3-2(4,5)1(6)7/h1-4,6-9,14,22-25,31-32H,5,10-13,15-18H2,(H2,28,33);(H,6,7)/t22?,23-,24+,25-;/m1./s1. The number of primary amides is 1. The van der Waals surface area contributed by atoms with Crippen LogP contribution in [0.25, 0.3) is 0 Å². The van der Waals surface area contributed by atoms with Gasteiger partial charge in [0.05, 0.1) is 6.61 Å². The Hall–Kier alpha value is -3.48. The fraction of sp³-hybridized carbons (Fsp3) is 0.483. The number of aliphatic carboxylic acids is 1. The van der Waals surface area contributed by atoms with Gasteiger partial charge in [-0.3, -0.25) is 14.5 Å². The minimum Gasteiger partial charge on any atom is -0.475 e. The van der Waals surface area contributed by atoms with Crippen LogP contribution < -0.4 is 5.73 Å². The molecule has 2 fully saturated rings. The number of aliphatic hydroxyl groups excluding tert-OH is 2. The Morgan fingerprint density at radius 2 is 1.63 bits per heavy atom. The summed E-state index contributed by atoms with van der Waals surface area (Å²) in [5.74, 6) is -3.14. The quantitative estimate of drug-likeness (QED) is 0.339. The van der Waals surface area contributed by atoms with Crippen molar-refractivity contribution in [3.8, 4) is 0 Å². The molecular weight excluding hydrogens is 543 g/mol. The van der Waals surface area contributed by atoms with Crippen LogP contribution in [0.5, 0.6) is 0 Å². The molecule has 4 rings (SSSR count). The Morgan fingerprint density at radius 1 is 1.02 bits per heavy atom. The summed E-state index contributed by atoms with van der Waals surface area (Å²) in [7, 11) is 0. The Bertz CT molecular complexity index is 1170. The molecular formula is C29H36F3N3O6. The van der Waals surface area contributed by atoms with Crippen LogP contribution in [-0.2, 0) is 16.1 Å². The van der Waals surface area contributed by atoms with E-state index in [1.165, 1.54) is 18.4 Å². The van der Waals surface area contributed by atoms with Crippen molar-refractivity contribution >= 4 is 17.8 Å². The number of carboxylic acid groups (broad SMARTS) is 1. The molecule has 0 aromatic heterocycles. The van der Waals surface area contributed by atoms with Gasteiger partial charge in [0, 0.05) is 37.3 Å². The number of carbonyl (C=O) groups excluding carboxylic acids is 2. The number of alkyl halides is 3. The molecule has 2 bridgehead atoms. The summed E-state index contributed by atoms with van der Waals surface area (Å²) < 4.78 is 31.7. The van der Waals surface area contributed by atoms with Crippen LogP contribution in [0.4, 0.5) is 13.2 Å². The largest absolute Gasteiger partial charge is 0.490 e. The van der Waals surface area contributed by atoms with Crippen molar-refractivity contribution in [1.29, 1.82) is 0 Å². The summed E-state index contributed by atoms with van der Waals surface area (Å²) >= 11 is 0. The lowest BCUT2D eigenvalue weighted by molar-refractivity contribution is -0.192. The average molecular weight is 580 g/mol. The number of rotatable bonds is 10. The van der Waals surface area contributed by atoms with Crippen molar-refractivity contribution in [3.05, 3.63) is 71.3 Å². The molecule has 1 unspecified atom stereocenters. The first-order valence-electron chi connectivity index (χ1n) is 13.5. The maximum absolute atomic E-state index is 12.6. The van der Waals surface area contributed by atoms with Gasteiger partial charge >= 0.3 is 12.1 Å². The molecule has 0 saturated carbocycles. The van der Waals surface area contributed by atoms with Crippen molar-refractivity contribution in [2.24, 2.45) is 5.73 Å². The van der Waals surface area contributed by atoms with Gasteiger partial charge in [-0.2, -0.15) is 13.2 Å². The zero-order valence-electron chi connectivity index (χ0n) is 22.5. The summed E-state index contributed by atoms with van der Waals surface area (Å²) in [6.07, 6.45) is -1.18. The van der Waals surface area contributed by atoms with E-state index in [0.717, 1.165) is 31.4 Å². The summed E-state index contributed by atoms with van der Waals surface area (Å²) in [4.78, 5) is 37.4. The molecule has 2 aromatic carbocycles. The normalized spacial score (nSPS) is 21.0. The first-order chi connectivity index (χ1) is 19.4. The third-order valence-electron chi connectivity index (χ3n) is 7.60. The number of hydrogen-bond donors (Lipinski definition) is 4. The molecule has 224 valence electrons. The van der Waals surface area contributed by atoms with Gasteiger partial charge in [-0.1, -0.05) is 42.5 Å². The first-order valence-corrected chi connectivity index (χ1v) is 13.5. The van der Waals surface area contributed by atoms with Crippen LogP contribution in [0.2, 0.25) is 0 Å². The van der Waals surface area contributed by atoms with Gasteiger partial charge in [0.15, 0.2) is 6.10 Å². The molecule has 41 heavy (non-hydrogen) atoms. The summed E-state index contributed by atoms with van der Waals surface area (Å²) in [5, 5.41) is 26.3. The molecule has 2 aliphatic heterocycles. The third kappa shape index (κ3) is 9.00. The van der Waals surface area contributed by atoms with E-state index in [0.29, 0.717) is 36.7 Å². The number of amides is 2. The lowest BCUT2D eigenvalue weighted by Crippen LogP contribution is -2.45. The summed E-state index contributed by atoms with van der Waals surface area (Å²) in [5.41, 5.74) is 8.24. The third-order valence-corrected chi connectivity index (χ3v) is 7.60. The average Bonchev–Trinajstić information content (AvgIpc) is 3.17. The molecule has 2 aromatic rings. The summed E-state index contributed by atoms with van der Waals surface area (Å²) in [6, 6.07) is 18.5. The number of piperidine rings is 1. The van der Waals surface area contributed by atoms with Crippen molar-refractivity contribution in [2.45, 2.75) is 68.9 Å². The molecule has 2 heterocycles. The molecule has 0 radical (unpaired) electrons. The van der Waals surface area contributed by atoms with Crippen LogP contribution in [0.15, 0.2) is 54.6 Å². The number of nitrogens with two attached hydrogens (primary N) is 1. The highest BCUT2D eigenvalue weighted by Crippen LogP contribution is 2.43. The SMILES string of the molecule is NC(=O)c1cccc(C2C[C@H]3CC[C@@H](C2)N3CCCN(Cc2ccccc2)C(=O)[C@H](O)CO)c1.O=C(O)C(F)(F)F. The minimum absolute atomic E-state index is 0.386. The number of fused-ring (bicyclic) bond motifs is 2. The van der Waals surface area contributed by atoms with Crippen LogP contribution >= 0.6 is 0 Å². The molecule has 4 atom stereocenters. The second-order valence-corrected chi connectivity index (χ2v) is 10.4. The minimum atomic E-state index is -5.08. The Labute approximate surface area is 236 Å². The van der Waals surface area contributed by atoms with E-state index in [-0.39, 0.29) is 5.91 Å². The van der Waals surface area contributed by atoms with Crippen LogP contribution in [-0.4, -0.2) is 87.0 Å². The van der Waals surface area contributed by atoms with Crippen LogP contribution in [0, 0.1) is 0 Å². The number of hydrogen-bond acceptors (Lipinski definition) is 6. The van der Waals surface area contributed by atoms with E-state index in [2.05, 4.69) is 11.0 Å². The number of carbonyl (C=O) groups is 3. The maximum Gasteiger partial charge on any atom is 0.490 e. The van der Waals surface area contributed by atoms with E-state index in [1.807, 2.05) is 42.5 Å². The molecule has 5 N–H and O–H groups in total. The predicted molar refractivity (Wildman–Crippen MR) is 144 cm³/mol. The highest BCUT2D eigenvalue weighted by molar-refractivity contribution is 5.92. The topological polar surface area (TPSA) is 144 Å². The smallest absolute Gasteiger partial charge is 0.475 e. The van der Waals surface area contributed by atoms with E-state index < -0.39 is 30.8 Å². The molecule has 0 aliphatic carbocycles. The second-order valence-electron chi connectivity index (χ2n) is 10.4. The molecule has 12 heteroatoms. The van der Waals surface area contributed by atoms with Crippen LogP contribution in [0.1, 0.15) is 59.5 Å². The van der Waals surface area contributed by atoms with Gasteiger partial charge in [0.1, 0.15) is 0 Å². The van der Waals surface area contributed by atoms with Crippen molar-refractivity contribution in [3.63, 3.8) is 0 Å². The number of carboxylic acids is 1. The predicted octanol–water partition coefficient (Wildman–Crippen LogP) is 2.90. The Kier molecular flexibility index (Phi) is 11.3. The van der Waals surface area contributed by atoms with Crippen molar-refractivity contribution in [1.82, 2.24) is 9.80 Å². The van der Waals surface area contributed by atoms with Gasteiger partial charge in [-0.15, -0.1) is 0 Å². The fourth-order valence-corrected chi connectivity index (χ4v) is 5.66. The number of nitrogens with zero attached hydrogens (tertiary/aromatic N) is 2. The fourth-order valence-electron chi connectivity index (χ4n) is 5.66. The van der Waals surface area contributed by atoms with Crippen molar-refractivity contribution < 1.29 is 42.9 Å². The Morgan fingerprint density at radius 3 is 2.17 bits per heavy atom. The number of aliphatic hydroxyl groups is 2. The monoisotopic (exact) mass is 579 g/mol. The molecule has 2 aliphatic rings. The van der Waals surface area contributed by atoms with E-state index in [4.69, 9.17) is 15.6 Å². The first kappa shape index (κ1) is 32.0. The molecule has 9 nitrogen and oxygen atoms in total. The van der Waals surface area contributed by atoms with Gasteiger partial charge < -0.3 is 26.0 Å². The maximum atomic E-state index is 12.6. The van der Waals surface area contributed by atoms with E-state index >= 15 is 0 Å². The summed E-state index contributed by atoms with van der Waals surface area (Å²) in [6.45, 7) is 1.28. The van der Waals surface area contributed by atoms with Gasteiger partial charge in [0.25, 0.3) is 5.91 Å². The molecule has 0 spiro atoms. The van der Waals surface area contributed by atoms with E-state index in [9.17, 15) is 33.0 Å². The zero-order valence-corrected chi connectivity index (χ0v) is 22.5. The highest BCUT2D eigenvalue weighted by Gasteiger charge is 2.41. The number of halogens is 3. The lowest BCUT2D eigenvalue weighted by atomic mass is 9.84. The molecule has 2 saturated heterocycles. The zero-order chi connectivity index (χ0) is 30.2. The molecule has 2 amide bonds. The van der Waals surface area contributed by atoms with Gasteiger partial charge in [0.2, 0.25) is 5.91 Å². The van der Waals surface area contributed by atoms with Gasteiger partial charge in [-0.25, -0.2) is 4.79 Å². The lowest BCUT2D eigenvalue weighted by Gasteiger charge is -2.39. The Balaban J connectivity index is 0.000000587. The van der Waals surface area contributed by atoms with Crippen LogP contribution in [0.3, 0.4) is 0 Å². The number of benzene rings is 2. The van der Waals surface area contributed by atoms with Gasteiger partial charge in [-0.05, 0) is 61.3 Å². The highest BCUT2D eigenvalue weighted by atomic mass is 19.4. The van der Waals surface area contributed by atoms with Crippen molar-refractivity contribution in [2.75, 3.05) is 19.7 Å². The van der Waals surface area contributed by atoms with E-state index in [1.54, 1.807) is 11.0 Å².